The summed E-state index contributed by atoms with van der Waals surface area (Å²) in [4.78, 5) is 10.5. The maximum atomic E-state index is 6.71. The number of hydrogen-bond acceptors (Lipinski definition) is 3. The van der Waals surface area contributed by atoms with Crippen LogP contribution in [0.25, 0.3) is 66.2 Å². The average molecular weight is 1010 g/mol. The Morgan fingerprint density at radius 1 is 0.730 bits per heavy atom. The molecular weight excluding hydrogens is 952 g/mol. The van der Waals surface area contributed by atoms with Crippen LogP contribution < -0.4 is 0 Å². The van der Waals surface area contributed by atoms with E-state index in [2.05, 4.69) is 182 Å². The normalized spacial score (nSPS) is 15.7. The average Bonchev–Trinajstić information content (AvgIpc) is 3.92. The number of benzene rings is 5. The zero-order valence-corrected chi connectivity index (χ0v) is 41.3. The maximum Gasteiger partial charge on any atom is 2.00 e. The zero-order chi connectivity index (χ0) is 43.7. The minimum atomic E-state index is -0.290. The Balaban J connectivity index is 0.00000544. The van der Waals surface area contributed by atoms with Crippen molar-refractivity contribution in [1.82, 2.24) is 14.1 Å². The molecule has 0 saturated heterocycles. The van der Waals surface area contributed by atoms with E-state index in [4.69, 9.17) is 14.7 Å². The van der Waals surface area contributed by atoms with E-state index in [1.165, 1.54) is 38.6 Å². The third-order valence-electron chi connectivity index (χ3n) is 13.4. The van der Waals surface area contributed by atoms with Gasteiger partial charge in [0.25, 0.3) is 0 Å². The summed E-state index contributed by atoms with van der Waals surface area (Å²) in [5.74, 6) is 1.81. The first-order valence-electron chi connectivity index (χ1n) is 23.0. The van der Waals surface area contributed by atoms with Gasteiger partial charge in [-0.15, -0.1) is 35.7 Å². The van der Waals surface area contributed by atoms with Crippen molar-refractivity contribution in [1.29, 1.82) is 0 Å². The summed E-state index contributed by atoms with van der Waals surface area (Å²) in [6.45, 7) is 25.6. The van der Waals surface area contributed by atoms with Gasteiger partial charge in [-0.3, -0.25) is 4.99 Å². The van der Waals surface area contributed by atoms with E-state index in [9.17, 15) is 0 Å². The first-order valence-corrected chi connectivity index (χ1v) is 23.0. The second-order valence-electron chi connectivity index (χ2n) is 19.8. The van der Waals surface area contributed by atoms with Crippen LogP contribution >= 0.6 is 0 Å². The molecule has 4 heterocycles. The molecule has 0 saturated carbocycles. The van der Waals surface area contributed by atoms with Gasteiger partial charge in [0.2, 0.25) is 0 Å². The molecule has 9 rings (SSSR count). The van der Waals surface area contributed by atoms with Gasteiger partial charge in [0, 0.05) is 22.5 Å². The van der Waals surface area contributed by atoms with Crippen molar-refractivity contribution < 1.29 is 25.8 Å². The van der Waals surface area contributed by atoms with E-state index >= 15 is 0 Å². The van der Waals surface area contributed by atoms with E-state index in [0.29, 0.717) is 30.3 Å². The topological polar surface area (TPSA) is 44.3 Å². The summed E-state index contributed by atoms with van der Waals surface area (Å²) in [5.41, 5.74) is 14.3. The quantitative estimate of drug-likeness (QED) is 0.121. The van der Waals surface area contributed by atoms with Gasteiger partial charge in [-0.2, -0.15) is 6.07 Å². The Hall–Kier alpha value is -4.99. The molecule has 1 aliphatic rings. The van der Waals surface area contributed by atoms with E-state index in [1.54, 1.807) is 0 Å². The smallest absolute Gasteiger partial charge is 0.518 e. The molecule has 0 fully saturated rings. The van der Waals surface area contributed by atoms with Crippen molar-refractivity contribution in [3.63, 3.8) is 0 Å². The number of fused-ring (bicyclic) bond motifs is 6. The minimum Gasteiger partial charge on any atom is -0.518 e. The number of aromatic nitrogens is 3. The Morgan fingerprint density at radius 2 is 1.41 bits per heavy atom. The van der Waals surface area contributed by atoms with Crippen LogP contribution in [0.15, 0.2) is 102 Å². The number of aliphatic imine (C=N–C) groups is 1. The molecule has 0 N–H and O–H groups in total. The van der Waals surface area contributed by atoms with Gasteiger partial charge in [0.15, 0.2) is 0 Å². The second kappa shape index (κ2) is 17.2. The molecule has 0 radical (unpaired) electrons. The van der Waals surface area contributed by atoms with Gasteiger partial charge >= 0.3 is 21.1 Å². The molecule has 0 bridgehead atoms. The molecule has 1 atom stereocenters. The summed E-state index contributed by atoms with van der Waals surface area (Å²) in [6, 6.07) is 41.8. The van der Waals surface area contributed by atoms with Crippen LogP contribution in [0.4, 0.5) is 0 Å². The molecule has 5 aromatic carbocycles. The van der Waals surface area contributed by atoms with Crippen molar-refractivity contribution in [2.75, 3.05) is 6.61 Å². The van der Waals surface area contributed by atoms with Crippen LogP contribution in [0.2, 0.25) is 0 Å². The molecule has 6 heteroatoms. The number of pyridine rings is 1. The molecule has 0 amide bonds. The van der Waals surface area contributed by atoms with Crippen LogP contribution in [0.3, 0.4) is 0 Å². The van der Waals surface area contributed by atoms with Crippen molar-refractivity contribution in [3.05, 3.63) is 137 Å². The molecule has 8 aromatic rings. The van der Waals surface area contributed by atoms with E-state index in [0.717, 1.165) is 81.2 Å². The standard InChI is InChI=1S/C57H62N4O.Pt/c1-12-16-40(17-13-2)57(11)34-62-55(59-57)39-29-38(53-44(35(3)4)18-14-19-45(53)36(5)6)30-43(31-39)60-50-25-21-37(7)28-48(50)46-24-23-42(33-52(46)60)61-51-26-22-41(56(8,9)10)32-49(51)47-20-15-27-58-54(47)61;/h14-15,18-30,32,35-36,40H,12-13,16-17,34H2,1-11H3;/q-2;+2/t57-;/m0./s1. The van der Waals surface area contributed by atoms with E-state index < -0.39 is 0 Å². The maximum absolute atomic E-state index is 6.71. The molecule has 0 aliphatic carbocycles. The van der Waals surface area contributed by atoms with Crippen molar-refractivity contribution in [3.8, 4) is 22.5 Å². The molecular formula is C57H62N4OPt. The van der Waals surface area contributed by atoms with E-state index in [-0.39, 0.29) is 32.0 Å². The Labute approximate surface area is 389 Å². The first-order chi connectivity index (χ1) is 29.7. The summed E-state index contributed by atoms with van der Waals surface area (Å²) >= 11 is 0. The van der Waals surface area contributed by atoms with Crippen molar-refractivity contribution in [2.45, 2.75) is 125 Å². The Morgan fingerprint density at radius 3 is 2.10 bits per heavy atom. The summed E-state index contributed by atoms with van der Waals surface area (Å²) in [6.07, 6.45) is 6.44. The predicted octanol–water partition coefficient (Wildman–Crippen LogP) is 15.1. The van der Waals surface area contributed by atoms with Crippen LogP contribution in [0.5, 0.6) is 0 Å². The number of aryl methyl sites for hydroxylation is 1. The SMILES string of the molecule is CCCC(CCC)[C@]1(C)COC(c2[c-]c(-n3c4[c-]c(-n5c6ccc(C(C)(C)C)cc6c6cccnc65)ccc4c4cc(C)ccc43)cc(-c3c(C(C)C)cccc3C(C)C)c2)=N1.[Pt+2]. The van der Waals surface area contributed by atoms with Crippen LogP contribution in [0.1, 0.15) is 135 Å². The number of ether oxygens (including phenoxy) is 1. The van der Waals surface area contributed by atoms with Gasteiger partial charge in [0.1, 0.15) is 18.2 Å². The second-order valence-corrected chi connectivity index (χ2v) is 19.8. The number of nitrogens with zero attached hydrogens (tertiary/aromatic N) is 4. The third-order valence-corrected chi connectivity index (χ3v) is 13.4. The van der Waals surface area contributed by atoms with Crippen LogP contribution in [0, 0.1) is 25.0 Å². The molecule has 326 valence electrons. The number of hydrogen-bond donors (Lipinski definition) is 0. The summed E-state index contributed by atoms with van der Waals surface area (Å²) in [7, 11) is 0. The molecule has 0 unspecified atom stereocenters. The van der Waals surface area contributed by atoms with E-state index in [1.807, 2.05) is 12.3 Å². The molecule has 3 aromatic heterocycles. The predicted molar refractivity (Wildman–Crippen MR) is 262 cm³/mol. The van der Waals surface area contributed by atoms with Crippen molar-refractivity contribution in [2.24, 2.45) is 10.9 Å². The van der Waals surface area contributed by atoms with Gasteiger partial charge in [0.05, 0.1) is 11.1 Å². The molecule has 63 heavy (non-hydrogen) atoms. The Bertz CT molecular complexity index is 3000. The van der Waals surface area contributed by atoms with Gasteiger partial charge < -0.3 is 13.9 Å². The Kier molecular flexibility index (Phi) is 12.2. The third kappa shape index (κ3) is 7.87. The van der Waals surface area contributed by atoms with Gasteiger partial charge in [-0.05, 0) is 114 Å². The fraction of sp³-hybridized carbons (Fsp3) is 0.368. The first kappa shape index (κ1) is 44.6. The summed E-state index contributed by atoms with van der Waals surface area (Å²) in [5, 5.41) is 4.67. The van der Waals surface area contributed by atoms with Crippen LogP contribution in [-0.4, -0.2) is 32.2 Å². The fourth-order valence-electron chi connectivity index (χ4n) is 10.1. The van der Waals surface area contributed by atoms with Crippen molar-refractivity contribution >= 4 is 49.6 Å². The monoisotopic (exact) mass is 1010 g/mol. The fourth-order valence-corrected chi connectivity index (χ4v) is 10.1. The molecule has 5 nitrogen and oxygen atoms in total. The van der Waals surface area contributed by atoms with Crippen LogP contribution in [-0.2, 0) is 31.2 Å². The number of rotatable bonds is 11. The summed E-state index contributed by atoms with van der Waals surface area (Å²) < 4.78 is 11.4. The van der Waals surface area contributed by atoms with Gasteiger partial charge in [-0.25, -0.2) is 4.98 Å². The molecule has 0 spiro atoms. The largest absolute Gasteiger partial charge is 2.00 e. The molecule has 1 aliphatic heterocycles. The van der Waals surface area contributed by atoms with Gasteiger partial charge in [-0.1, -0.05) is 139 Å². The zero-order valence-electron chi connectivity index (χ0n) is 39.0. The minimum absolute atomic E-state index is 0.